The number of halogens is 1. The van der Waals surface area contributed by atoms with Gasteiger partial charge in [-0.15, -0.1) is 4.40 Å². The molecule has 1 aromatic carbocycles. The third-order valence-electron chi connectivity index (χ3n) is 2.23. The number of amidine groups is 1. The summed E-state index contributed by atoms with van der Waals surface area (Å²) >= 11 is 7.07. The molecule has 0 saturated carbocycles. The molecular formula is C9H9ClN2O2S2. The predicted octanol–water partition coefficient (Wildman–Crippen LogP) is 2.20. The Labute approximate surface area is 103 Å². The van der Waals surface area contributed by atoms with Gasteiger partial charge in [-0.05, 0) is 24.5 Å². The quantitative estimate of drug-likeness (QED) is 0.729. The summed E-state index contributed by atoms with van der Waals surface area (Å²) in [6.07, 6.45) is 1.78. The highest BCUT2D eigenvalue weighted by molar-refractivity contribution is 8.14. The second kappa shape index (κ2) is 3.94. The van der Waals surface area contributed by atoms with Gasteiger partial charge in [0.05, 0.1) is 5.69 Å². The van der Waals surface area contributed by atoms with E-state index in [9.17, 15) is 8.42 Å². The Hall–Kier alpha value is -0.720. The van der Waals surface area contributed by atoms with Crippen LogP contribution in [0.25, 0.3) is 0 Å². The molecule has 0 amide bonds. The number of benzene rings is 1. The number of anilines is 1. The maximum atomic E-state index is 11.9. The van der Waals surface area contributed by atoms with Crippen molar-refractivity contribution >= 4 is 44.2 Å². The molecule has 7 heteroatoms. The van der Waals surface area contributed by atoms with Crippen LogP contribution in [0.1, 0.15) is 0 Å². The second-order valence-electron chi connectivity index (χ2n) is 3.22. The first-order valence-corrected chi connectivity index (χ1v) is 7.42. The number of nitrogens with zero attached hydrogens (tertiary/aromatic N) is 2. The van der Waals surface area contributed by atoms with Gasteiger partial charge in [-0.3, -0.25) is 0 Å². The highest BCUT2D eigenvalue weighted by Crippen LogP contribution is 2.34. The Balaban J connectivity index is 2.72. The fourth-order valence-electron chi connectivity index (χ4n) is 1.46. The molecular weight excluding hydrogens is 268 g/mol. The lowest BCUT2D eigenvalue weighted by Crippen LogP contribution is -2.29. The van der Waals surface area contributed by atoms with E-state index in [1.54, 1.807) is 30.3 Å². The minimum absolute atomic E-state index is 0.153. The predicted molar refractivity (Wildman–Crippen MR) is 68.0 cm³/mol. The third kappa shape index (κ3) is 1.81. The number of hydrogen-bond acceptors (Lipinski definition) is 4. The molecule has 2 rings (SSSR count). The van der Waals surface area contributed by atoms with E-state index in [1.807, 2.05) is 0 Å². The lowest BCUT2D eigenvalue weighted by atomic mass is 10.3. The summed E-state index contributed by atoms with van der Waals surface area (Å²) in [6.45, 7) is 0. The van der Waals surface area contributed by atoms with E-state index >= 15 is 0 Å². The van der Waals surface area contributed by atoms with Crippen LogP contribution in [0.4, 0.5) is 5.69 Å². The van der Waals surface area contributed by atoms with Crippen molar-refractivity contribution in [3.63, 3.8) is 0 Å². The molecule has 0 N–H and O–H groups in total. The molecule has 0 atom stereocenters. The lowest BCUT2D eigenvalue weighted by molar-refractivity contribution is 0.597. The smallest absolute Gasteiger partial charge is 0.286 e. The first-order valence-electron chi connectivity index (χ1n) is 4.38. The first-order chi connectivity index (χ1) is 7.45. The highest BCUT2D eigenvalue weighted by Gasteiger charge is 2.28. The van der Waals surface area contributed by atoms with Crippen molar-refractivity contribution in [1.29, 1.82) is 0 Å². The van der Waals surface area contributed by atoms with Crippen molar-refractivity contribution in [1.82, 2.24) is 0 Å². The Morgan fingerprint density at radius 1 is 1.44 bits per heavy atom. The van der Waals surface area contributed by atoms with E-state index in [2.05, 4.69) is 4.40 Å². The van der Waals surface area contributed by atoms with E-state index in [0.717, 1.165) is 0 Å². The molecule has 0 unspecified atom stereocenters. The van der Waals surface area contributed by atoms with Gasteiger partial charge in [0, 0.05) is 12.1 Å². The van der Waals surface area contributed by atoms with E-state index in [0.29, 0.717) is 15.9 Å². The molecule has 0 bridgehead atoms. The molecule has 0 saturated heterocycles. The van der Waals surface area contributed by atoms with Crippen molar-refractivity contribution < 1.29 is 8.42 Å². The summed E-state index contributed by atoms with van der Waals surface area (Å²) in [5.74, 6) is 0. The van der Waals surface area contributed by atoms with Crippen molar-refractivity contribution in [3.05, 3.63) is 23.2 Å². The van der Waals surface area contributed by atoms with Gasteiger partial charge in [0.15, 0.2) is 5.17 Å². The Morgan fingerprint density at radius 3 is 2.75 bits per heavy atom. The average Bonchev–Trinajstić information content (AvgIpc) is 2.23. The van der Waals surface area contributed by atoms with E-state index in [-0.39, 0.29) is 4.90 Å². The molecule has 0 aliphatic carbocycles. The molecule has 1 aromatic rings. The topological polar surface area (TPSA) is 49.7 Å². The standard InChI is InChI=1S/C9H9ClN2O2S2/c1-12-7-4-3-6(10)5-8(7)16(13,14)11-9(12)15-2/h3-5H,1-2H3. The molecule has 16 heavy (non-hydrogen) atoms. The zero-order chi connectivity index (χ0) is 11.9. The molecule has 0 aromatic heterocycles. The minimum atomic E-state index is -3.62. The fourth-order valence-corrected chi connectivity index (χ4v) is 3.84. The summed E-state index contributed by atoms with van der Waals surface area (Å²) in [6, 6.07) is 4.76. The first kappa shape index (κ1) is 11.8. The zero-order valence-corrected chi connectivity index (χ0v) is 11.0. The van der Waals surface area contributed by atoms with Gasteiger partial charge in [-0.25, -0.2) is 0 Å². The Bertz CT molecular complexity index is 569. The van der Waals surface area contributed by atoms with Crippen molar-refractivity contribution in [2.24, 2.45) is 4.40 Å². The van der Waals surface area contributed by atoms with Gasteiger partial charge in [0.2, 0.25) is 0 Å². The van der Waals surface area contributed by atoms with Crippen LogP contribution in [-0.2, 0) is 10.0 Å². The van der Waals surface area contributed by atoms with Gasteiger partial charge < -0.3 is 4.90 Å². The summed E-state index contributed by atoms with van der Waals surface area (Å²) in [5, 5.41) is 0.841. The van der Waals surface area contributed by atoms with Crippen LogP contribution >= 0.6 is 23.4 Å². The third-order valence-corrected chi connectivity index (χ3v) is 4.61. The zero-order valence-electron chi connectivity index (χ0n) is 8.64. The molecule has 1 heterocycles. The van der Waals surface area contributed by atoms with Gasteiger partial charge in [-0.2, -0.15) is 8.42 Å². The van der Waals surface area contributed by atoms with Gasteiger partial charge >= 0.3 is 0 Å². The maximum Gasteiger partial charge on any atom is 0.286 e. The van der Waals surface area contributed by atoms with Crippen LogP contribution in [0.15, 0.2) is 27.5 Å². The number of fused-ring (bicyclic) bond motifs is 1. The fraction of sp³-hybridized carbons (Fsp3) is 0.222. The molecule has 0 spiro atoms. The SMILES string of the molecule is CSC1=NS(=O)(=O)c2cc(Cl)ccc2N1C. The monoisotopic (exact) mass is 276 g/mol. The molecule has 4 nitrogen and oxygen atoms in total. The maximum absolute atomic E-state index is 11.9. The molecule has 1 aliphatic heterocycles. The van der Waals surface area contributed by atoms with Crippen molar-refractivity contribution in [2.75, 3.05) is 18.2 Å². The largest absolute Gasteiger partial charge is 0.322 e. The van der Waals surface area contributed by atoms with Gasteiger partial charge in [0.25, 0.3) is 10.0 Å². The van der Waals surface area contributed by atoms with Crippen LogP contribution in [0, 0.1) is 0 Å². The molecule has 0 fully saturated rings. The van der Waals surface area contributed by atoms with Gasteiger partial charge in [0.1, 0.15) is 4.90 Å². The van der Waals surface area contributed by atoms with E-state index in [4.69, 9.17) is 11.6 Å². The van der Waals surface area contributed by atoms with Crippen LogP contribution in [0.3, 0.4) is 0 Å². The van der Waals surface area contributed by atoms with Crippen LogP contribution in [0.2, 0.25) is 5.02 Å². The highest BCUT2D eigenvalue weighted by atomic mass is 35.5. The number of rotatable bonds is 0. The number of thioether (sulfide) groups is 1. The molecule has 86 valence electrons. The normalized spacial score (nSPS) is 17.9. The molecule has 1 aliphatic rings. The summed E-state index contributed by atoms with van der Waals surface area (Å²) < 4.78 is 27.4. The lowest BCUT2D eigenvalue weighted by Gasteiger charge is -2.25. The average molecular weight is 277 g/mol. The Kier molecular flexibility index (Phi) is 2.90. The Morgan fingerprint density at radius 2 is 2.12 bits per heavy atom. The molecule has 0 radical (unpaired) electrons. The van der Waals surface area contributed by atoms with Crippen LogP contribution in [-0.4, -0.2) is 26.9 Å². The summed E-state index contributed by atoms with van der Waals surface area (Å²) in [7, 11) is -1.84. The van der Waals surface area contributed by atoms with Gasteiger partial charge in [-0.1, -0.05) is 23.4 Å². The van der Waals surface area contributed by atoms with E-state index < -0.39 is 10.0 Å². The number of hydrogen-bond donors (Lipinski definition) is 0. The van der Waals surface area contributed by atoms with Crippen molar-refractivity contribution in [3.8, 4) is 0 Å². The minimum Gasteiger partial charge on any atom is -0.322 e. The summed E-state index contributed by atoms with van der Waals surface area (Å²) in [4.78, 5) is 1.89. The number of sulfonamides is 1. The van der Waals surface area contributed by atoms with Crippen LogP contribution < -0.4 is 4.90 Å². The van der Waals surface area contributed by atoms with Crippen molar-refractivity contribution in [2.45, 2.75) is 4.90 Å². The van der Waals surface area contributed by atoms with E-state index in [1.165, 1.54) is 17.8 Å². The second-order valence-corrected chi connectivity index (χ2v) is 6.01. The van der Waals surface area contributed by atoms with Crippen LogP contribution in [0.5, 0.6) is 0 Å². The summed E-state index contributed by atoms with van der Waals surface area (Å²) in [5.41, 5.74) is 0.601.